The Morgan fingerprint density at radius 3 is 2.64 bits per heavy atom. The molecule has 0 amide bonds. The SMILES string of the molecule is CNC(C)(C)c1cncn1CC(C)C. The fourth-order valence-corrected chi connectivity index (χ4v) is 1.51. The normalized spacial score (nSPS) is 12.4. The molecule has 1 aromatic rings. The summed E-state index contributed by atoms with van der Waals surface area (Å²) in [6.07, 6.45) is 3.85. The summed E-state index contributed by atoms with van der Waals surface area (Å²) < 4.78 is 2.22. The van der Waals surface area contributed by atoms with Crippen molar-refractivity contribution in [3.05, 3.63) is 18.2 Å². The van der Waals surface area contributed by atoms with Crippen LogP contribution in [0.1, 0.15) is 33.4 Å². The molecule has 0 aromatic carbocycles. The van der Waals surface area contributed by atoms with Crippen molar-refractivity contribution < 1.29 is 0 Å². The molecule has 3 heteroatoms. The first-order valence-electron chi connectivity index (χ1n) is 5.17. The van der Waals surface area contributed by atoms with E-state index in [1.807, 2.05) is 19.6 Å². The third-order valence-electron chi connectivity index (χ3n) is 2.54. The second-order valence-electron chi connectivity index (χ2n) is 4.70. The molecule has 0 bridgehead atoms. The fourth-order valence-electron chi connectivity index (χ4n) is 1.51. The number of aromatic nitrogens is 2. The van der Waals surface area contributed by atoms with Crippen LogP contribution in [0.3, 0.4) is 0 Å². The third kappa shape index (κ3) is 2.35. The zero-order valence-corrected chi connectivity index (χ0v) is 9.83. The van der Waals surface area contributed by atoms with Gasteiger partial charge in [-0.3, -0.25) is 0 Å². The number of nitrogens with zero attached hydrogens (tertiary/aromatic N) is 2. The molecule has 1 rings (SSSR count). The molecule has 0 spiro atoms. The molecule has 1 heterocycles. The minimum absolute atomic E-state index is 0.00854. The summed E-state index contributed by atoms with van der Waals surface area (Å²) in [4.78, 5) is 4.21. The molecule has 0 saturated heterocycles. The third-order valence-corrected chi connectivity index (χ3v) is 2.54. The van der Waals surface area contributed by atoms with Gasteiger partial charge < -0.3 is 9.88 Å². The predicted molar refractivity (Wildman–Crippen MR) is 59.2 cm³/mol. The van der Waals surface area contributed by atoms with Crippen LogP contribution in [0.2, 0.25) is 0 Å². The van der Waals surface area contributed by atoms with Crippen LogP contribution in [0.4, 0.5) is 0 Å². The first kappa shape index (κ1) is 11.2. The van der Waals surface area contributed by atoms with Gasteiger partial charge in [-0.25, -0.2) is 4.98 Å². The van der Waals surface area contributed by atoms with Crippen molar-refractivity contribution in [2.45, 2.75) is 39.8 Å². The van der Waals surface area contributed by atoms with Crippen molar-refractivity contribution in [3.63, 3.8) is 0 Å². The van der Waals surface area contributed by atoms with E-state index in [4.69, 9.17) is 0 Å². The van der Waals surface area contributed by atoms with Gasteiger partial charge in [0.25, 0.3) is 0 Å². The largest absolute Gasteiger partial charge is 0.333 e. The Balaban J connectivity index is 2.92. The molecule has 0 aliphatic rings. The second kappa shape index (κ2) is 4.13. The van der Waals surface area contributed by atoms with Gasteiger partial charge >= 0.3 is 0 Å². The topological polar surface area (TPSA) is 29.9 Å². The number of rotatable bonds is 4. The average molecular weight is 195 g/mol. The van der Waals surface area contributed by atoms with Gasteiger partial charge in [-0.15, -0.1) is 0 Å². The maximum atomic E-state index is 4.21. The summed E-state index contributed by atoms with van der Waals surface area (Å²) in [7, 11) is 1.98. The van der Waals surface area contributed by atoms with E-state index in [2.05, 4.69) is 42.6 Å². The zero-order valence-electron chi connectivity index (χ0n) is 9.83. The lowest BCUT2D eigenvalue weighted by atomic mass is 10.0. The maximum absolute atomic E-state index is 4.21. The van der Waals surface area contributed by atoms with Crippen LogP contribution in [0.5, 0.6) is 0 Å². The molecular formula is C11H21N3. The van der Waals surface area contributed by atoms with E-state index in [0.29, 0.717) is 5.92 Å². The van der Waals surface area contributed by atoms with E-state index < -0.39 is 0 Å². The number of imidazole rings is 1. The van der Waals surface area contributed by atoms with Gasteiger partial charge in [0.1, 0.15) is 0 Å². The number of hydrogen-bond donors (Lipinski definition) is 1. The lowest BCUT2D eigenvalue weighted by Gasteiger charge is -2.26. The number of nitrogens with one attached hydrogen (secondary N) is 1. The van der Waals surface area contributed by atoms with E-state index in [9.17, 15) is 0 Å². The summed E-state index contributed by atoms with van der Waals surface area (Å²) >= 11 is 0. The van der Waals surface area contributed by atoms with Crippen molar-refractivity contribution in [3.8, 4) is 0 Å². The summed E-state index contributed by atoms with van der Waals surface area (Å²) in [5.41, 5.74) is 1.24. The quantitative estimate of drug-likeness (QED) is 0.796. The number of hydrogen-bond acceptors (Lipinski definition) is 2. The van der Waals surface area contributed by atoms with Crippen LogP contribution in [0.25, 0.3) is 0 Å². The first-order valence-corrected chi connectivity index (χ1v) is 5.17. The zero-order chi connectivity index (χ0) is 10.8. The Labute approximate surface area is 86.5 Å². The van der Waals surface area contributed by atoms with Crippen LogP contribution < -0.4 is 5.32 Å². The summed E-state index contributed by atoms with van der Waals surface area (Å²) in [5, 5.41) is 3.30. The standard InChI is InChI=1S/C11H21N3/c1-9(2)7-14-8-13-6-10(14)11(3,4)12-5/h6,8-9,12H,7H2,1-5H3. The van der Waals surface area contributed by atoms with Gasteiger partial charge in [0, 0.05) is 12.7 Å². The molecule has 0 radical (unpaired) electrons. The van der Waals surface area contributed by atoms with Crippen molar-refractivity contribution in [2.24, 2.45) is 5.92 Å². The van der Waals surface area contributed by atoms with E-state index in [0.717, 1.165) is 6.54 Å². The van der Waals surface area contributed by atoms with Crippen LogP contribution >= 0.6 is 0 Å². The first-order chi connectivity index (χ1) is 6.47. The summed E-state index contributed by atoms with van der Waals surface area (Å²) in [6, 6.07) is 0. The molecule has 3 nitrogen and oxygen atoms in total. The molecule has 0 unspecified atom stereocenters. The van der Waals surface area contributed by atoms with Gasteiger partial charge in [-0.1, -0.05) is 13.8 Å². The lowest BCUT2D eigenvalue weighted by molar-refractivity contribution is 0.392. The Bertz CT molecular complexity index is 286. The molecule has 1 aromatic heterocycles. The van der Waals surface area contributed by atoms with E-state index in [-0.39, 0.29) is 5.54 Å². The molecular weight excluding hydrogens is 174 g/mol. The van der Waals surface area contributed by atoms with Crippen LogP contribution in [0.15, 0.2) is 12.5 Å². The molecule has 80 valence electrons. The summed E-state index contributed by atoms with van der Waals surface area (Å²) in [6.45, 7) is 9.80. The van der Waals surface area contributed by atoms with E-state index in [1.54, 1.807) is 0 Å². The van der Waals surface area contributed by atoms with Gasteiger partial charge in [0.15, 0.2) is 0 Å². The average Bonchev–Trinajstić information content (AvgIpc) is 2.52. The smallest absolute Gasteiger partial charge is 0.0948 e. The molecule has 14 heavy (non-hydrogen) atoms. The Morgan fingerprint density at radius 1 is 1.50 bits per heavy atom. The van der Waals surface area contributed by atoms with Crippen LogP contribution in [-0.2, 0) is 12.1 Å². The minimum atomic E-state index is -0.00854. The predicted octanol–water partition coefficient (Wildman–Crippen LogP) is 1.99. The van der Waals surface area contributed by atoms with Crippen LogP contribution in [0, 0.1) is 5.92 Å². The van der Waals surface area contributed by atoms with E-state index in [1.165, 1.54) is 5.69 Å². The molecule has 0 aliphatic carbocycles. The molecule has 0 atom stereocenters. The minimum Gasteiger partial charge on any atom is -0.333 e. The maximum Gasteiger partial charge on any atom is 0.0948 e. The van der Waals surface area contributed by atoms with Crippen molar-refractivity contribution in [1.29, 1.82) is 0 Å². The second-order valence-corrected chi connectivity index (χ2v) is 4.70. The van der Waals surface area contributed by atoms with Crippen molar-refractivity contribution in [1.82, 2.24) is 14.9 Å². The molecule has 0 aliphatic heterocycles. The monoisotopic (exact) mass is 195 g/mol. The highest BCUT2D eigenvalue weighted by Gasteiger charge is 2.22. The van der Waals surface area contributed by atoms with Gasteiger partial charge in [0.05, 0.1) is 17.6 Å². The van der Waals surface area contributed by atoms with Gasteiger partial charge in [-0.05, 0) is 26.8 Å². The van der Waals surface area contributed by atoms with Crippen LogP contribution in [-0.4, -0.2) is 16.6 Å². The fraction of sp³-hybridized carbons (Fsp3) is 0.727. The summed E-state index contributed by atoms with van der Waals surface area (Å²) in [5.74, 6) is 0.649. The lowest BCUT2D eigenvalue weighted by Crippen LogP contribution is -2.35. The van der Waals surface area contributed by atoms with Crippen molar-refractivity contribution in [2.75, 3.05) is 7.05 Å². The highest BCUT2D eigenvalue weighted by molar-refractivity contribution is 5.10. The molecule has 0 fully saturated rings. The Hall–Kier alpha value is -0.830. The van der Waals surface area contributed by atoms with Gasteiger partial charge in [-0.2, -0.15) is 0 Å². The van der Waals surface area contributed by atoms with E-state index >= 15 is 0 Å². The van der Waals surface area contributed by atoms with Gasteiger partial charge in [0.2, 0.25) is 0 Å². The highest BCUT2D eigenvalue weighted by Crippen LogP contribution is 2.19. The Kier molecular flexibility index (Phi) is 3.32. The highest BCUT2D eigenvalue weighted by atomic mass is 15.1. The molecule has 1 N–H and O–H groups in total. The Morgan fingerprint density at radius 2 is 2.14 bits per heavy atom. The van der Waals surface area contributed by atoms with Crippen molar-refractivity contribution >= 4 is 0 Å². The molecule has 0 saturated carbocycles.